The molecule has 0 bridgehead atoms. The second-order valence-electron chi connectivity index (χ2n) is 5.56. The summed E-state index contributed by atoms with van der Waals surface area (Å²) in [6, 6.07) is 0.258. The van der Waals surface area contributed by atoms with Gasteiger partial charge < -0.3 is 15.3 Å². The standard InChI is InChI=1S/C14H25N3O2/c1-2-7-16-9-5-12(6-10-16)15-14(19)17-8-3-4-13(18)11-17/h2,12-13,18H,1,3-11H2,(H,15,19). The highest BCUT2D eigenvalue weighted by Crippen LogP contribution is 2.13. The first-order chi connectivity index (χ1) is 9.19. The van der Waals surface area contributed by atoms with Crippen molar-refractivity contribution in [2.24, 2.45) is 0 Å². The molecule has 2 aliphatic rings. The van der Waals surface area contributed by atoms with Crippen LogP contribution < -0.4 is 5.32 Å². The molecule has 2 N–H and O–H groups in total. The van der Waals surface area contributed by atoms with Gasteiger partial charge in [-0.25, -0.2) is 4.79 Å². The number of rotatable bonds is 3. The summed E-state index contributed by atoms with van der Waals surface area (Å²) in [7, 11) is 0. The van der Waals surface area contributed by atoms with Gasteiger partial charge in [0.2, 0.25) is 0 Å². The predicted octanol–water partition coefficient (Wildman–Crippen LogP) is 0.803. The third kappa shape index (κ3) is 4.21. The molecular formula is C14H25N3O2. The highest BCUT2D eigenvalue weighted by atomic mass is 16.3. The van der Waals surface area contributed by atoms with E-state index in [-0.39, 0.29) is 18.2 Å². The first kappa shape index (κ1) is 14.3. The molecule has 108 valence electrons. The number of hydrogen-bond acceptors (Lipinski definition) is 3. The van der Waals surface area contributed by atoms with E-state index in [4.69, 9.17) is 0 Å². The van der Waals surface area contributed by atoms with Crippen LogP contribution in [0.4, 0.5) is 4.79 Å². The van der Waals surface area contributed by atoms with Gasteiger partial charge in [0.1, 0.15) is 0 Å². The number of aliphatic hydroxyl groups excluding tert-OH is 1. The van der Waals surface area contributed by atoms with Crippen LogP contribution in [0.5, 0.6) is 0 Å². The molecule has 2 heterocycles. The molecule has 2 fully saturated rings. The fourth-order valence-electron chi connectivity index (χ4n) is 2.85. The second-order valence-corrected chi connectivity index (χ2v) is 5.56. The molecule has 0 spiro atoms. The van der Waals surface area contributed by atoms with Crippen LogP contribution >= 0.6 is 0 Å². The van der Waals surface area contributed by atoms with Gasteiger partial charge in [-0.1, -0.05) is 6.08 Å². The van der Waals surface area contributed by atoms with E-state index in [0.29, 0.717) is 6.54 Å². The number of urea groups is 1. The first-order valence-corrected chi connectivity index (χ1v) is 7.26. The quantitative estimate of drug-likeness (QED) is 0.744. The molecule has 19 heavy (non-hydrogen) atoms. The minimum atomic E-state index is -0.353. The lowest BCUT2D eigenvalue weighted by atomic mass is 10.0. The maximum absolute atomic E-state index is 12.1. The van der Waals surface area contributed by atoms with E-state index >= 15 is 0 Å². The van der Waals surface area contributed by atoms with Gasteiger partial charge in [-0.3, -0.25) is 4.90 Å². The number of aliphatic hydroxyl groups is 1. The number of amides is 2. The van der Waals surface area contributed by atoms with E-state index in [1.54, 1.807) is 4.90 Å². The van der Waals surface area contributed by atoms with Gasteiger partial charge in [-0.05, 0) is 25.7 Å². The molecule has 1 atom stereocenters. The molecule has 0 aromatic heterocycles. The highest BCUT2D eigenvalue weighted by molar-refractivity contribution is 5.74. The Morgan fingerprint density at radius 1 is 1.32 bits per heavy atom. The van der Waals surface area contributed by atoms with Crippen LogP contribution in [0.15, 0.2) is 12.7 Å². The minimum Gasteiger partial charge on any atom is -0.391 e. The molecule has 1 unspecified atom stereocenters. The lowest BCUT2D eigenvalue weighted by Gasteiger charge is -2.35. The Balaban J connectivity index is 1.72. The Bertz CT molecular complexity index is 314. The van der Waals surface area contributed by atoms with E-state index < -0.39 is 0 Å². The fourth-order valence-corrected chi connectivity index (χ4v) is 2.85. The van der Waals surface area contributed by atoms with Gasteiger partial charge in [0.15, 0.2) is 0 Å². The SMILES string of the molecule is C=CCN1CCC(NC(=O)N2CCCC(O)C2)CC1. The van der Waals surface area contributed by atoms with Crippen molar-refractivity contribution >= 4 is 6.03 Å². The largest absolute Gasteiger partial charge is 0.391 e. The topological polar surface area (TPSA) is 55.8 Å². The Hall–Kier alpha value is -1.07. The lowest BCUT2D eigenvalue weighted by molar-refractivity contribution is 0.0820. The zero-order valence-electron chi connectivity index (χ0n) is 11.6. The highest BCUT2D eigenvalue weighted by Gasteiger charge is 2.25. The molecule has 2 rings (SSSR count). The number of nitrogens with one attached hydrogen (secondary N) is 1. The van der Waals surface area contributed by atoms with Crippen molar-refractivity contribution in [1.29, 1.82) is 0 Å². The Kier molecular flexibility index (Phi) is 5.22. The van der Waals surface area contributed by atoms with Crippen molar-refractivity contribution in [2.75, 3.05) is 32.7 Å². The van der Waals surface area contributed by atoms with Gasteiger partial charge in [-0.15, -0.1) is 6.58 Å². The van der Waals surface area contributed by atoms with E-state index in [1.165, 1.54) is 0 Å². The van der Waals surface area contributed by atoms with Crippen LogP contribution in [0.25, 0.3) is 0 Å². The fraction of sp³-hybridized carbons (Fsp3) is 0.786. The van der Waals surface area contributed by atoms with Gasteiger partial charge >= 0.3 is 6.03 Å². The third-order valence-electron chi connectivity index (χ3n) is 3.99. The van der Waals surface area contributed by atoms with E-state index in [2.05, 4.69) is 16.8 Å². The zero-order chi connectivity index (χ0) is 13.7. The summed E-state index contributed by atoms with van der Waals surface area (Å²) in [6.45, 7) is 7.94. The number of nitrogens with zero attached hydrogens (tertiary/aromatic N) is 2. The number of carbonyl (C=O) groups excluding carboxylic acids is 1. The monoisotopic (exact) mass is 267 g/mol. The molecule has 5 heteroatoms. The summed E-state index contributed by atoms with van der Waals surface area (Å²) in [6.07, 6.45) is 5.27. The van der Waals surface area contributed by atoms with Crippen molar-refractivity contribution in [3.8, 4) is 0 Å². The Labute approximate surface area is 115 Å². The minimum absolute atomic E-state index is 0.0130. The van der Waals surface area contributed by atoms with Gasteiger partial charge in [0.05, 0.1) is 6.10 Å². The van der Waals surface area contributed by atoms with Crippen LogP contribution in [0, 0.1) is 0 Å². The summed E-state index contributed by atoms with van der Waals surface area (Å²) >= 11 is 0. The molecule has 0 aromatic carbocycles. The molecule has 2 saturated heterocycles. The summed E-state index contributed by atoms with van der Waals surface area (Å²) in [5.41, 5.74) is 0. The average molecular weight is 267 g/mol. The van der Waals surface area contributed by atoms with Crippen LogP contribution in [-0.4, -0.2) is 65.8 Å². The van der Waals surface area contributed by atoms with E-state index in [1.807, 2.05) is 6.08 Å². The lowest BCUT2D eigenvalue weighted by Crippen LogP contribution is -2.52. The number of piperidine rings is 2. The number of likely N-dealkylation sites (tertiary alicyclic amines) is 2. The average Bonchev–Trinajstić information content (AvgIpc) is 2.41. The third-order valence-corrected chi connectivity index (χ3v) is 3.99. The number of β-amino-alcohol motifs (C(OH)–C–C–N with tert-alkyl or cyclic N) is 1. The summed E-state index contributed by atoms with van der Waals surface area (Å²) in [4.78, 5) is 16.2. The normalized spacial score (nSPS) is 26.2. The summed E-state index contributed by atoms with van der Waals surface area (Å²) in [5.74, 6) is 0. The van der Waals surface area contributed by atoms with Gasteiger partial charge in [-0.2, -0.15) is 0 Å². The van der Waals surface area contributed by atoms with Crippen molar-refractivity contribution in [3.63, 3.8) is 0 Å². The van der Waals surface area contributed by atoms with Crippen molar-refractivity contribution in [2.45, 2.75) is 37.8 Å². The smallest absolute Gasteiger partial charge is 0.317 e. The molecule has 2 aliphatic heterocycles. The van der Waals surface area contributed by atoms with Crippen molar-refractivity contribution in [3.05, 3.63) is 12.7 Å². The van der Waals surface area contributed by atoms with Crippen molar-refractivity contribution < 1.29 is 9.90 Å². The van der Waals surface area contributed by atoms with Crippen molar-refractivity contribution in [1.82, 2.24) is 15.1 Å². The Morgan fingerprint density at radius 2 is 2.05 bits per heavy atom. The first-order valence-electron chi connectivity index (χ1n) is 7.26. The molecule has 0 radical (unpaired) electrons. The molecule has 0 saturated carbocycles. The summed E-state index contributed by atoms with van der Waals surface area (Å²) in [5, 5.41) is 12.7. The predicted molar refractivity (Wildman–Crippen MR) is 75.0 cm³/mol. The zero-order valence-corrected chi connectivity index (χ0v) is 11.6. The van der Waals surface area contributed by atoms with Gasteiger partial charge in [0, 0.05) is 38.8 Å². The maximum Gasteiger partial charge on any atom is 0.317 e. The van der Waals surface area contributed by atoms with Gasteiger partial charge in [0.25, 0.3) is 0 Å². The molecule has 5 nitrogen and oxygen atoms in total. The van der Waals surface area contributed by atoms with Crippen LogP contribution in [-0.2, 0) is 0 Å². The Morgan fingerprint density at radius 3 is 2.68 bits per heavy atom. The maximum atomic E-state index is 12.1. The van der Waals surface area contributed by atoms with Crippen LogP contribution in [0.1, 0.15) is 25.7 Å². The molecular weight excluding hydrogens is 242 g/mol. The molecule has 0 aliphatic carbocycles. The van der Waals surface area contributed by atoms with E-state index in [9.17, 15) is 9.90 Å². The molecule has 0 aromatic rings. The molecule has 2 amide bonds. The number of carbonyl (C=O) groups is 1. The number of hydrogen-bond donors (Lipinski definition) is 2. The van der Waals surface area contributed by atoms with E-state index in [0.717, 1.165) is 51.9 Å². The van der Waals surface area contributed by atoms with Crippen LogP contribution in [0.2, 0.25) is 0 Å². The summed E-state index contributed by atoms with van der Waals surface area (Å²) < 4.78 is 0. The van der Waals surface area contributed by atoms with Crippen LogP contribution in [0.3, 0.4) is 0 Å². The second kappa shape index (κ2) is 6.91.